The number of ether oxygens (including phenoxy) is 2. The van der Waals surface area contributed by atoms with Crippen molar-refractivity contribution in [1.82, 2.24) is 4.98 Å². The molecule has 6 heteroatoms. The van der Waals surface area contributed by atoms with Crippen LogP contribution >= 0.6 is 11.3 Å². The molecule has 0 atom stereocenters. The minimum absolute atomic E-state index is 0.395. The van der Waals surface area contributed by atoms with Gasteiger partial charge >= 0.3 is 6.09 Å². The van der Waals surface area contributed by atoms with Crippen molar-refractivity contribution in [3.05, 3.63) is 40.9 Å². The molecule has 1 amide bonds. The van der Waals surface area contributed by atoms with Gasteiger partial charge in [-0.15, -0.1) is 11.3 Å². The quantitative estimate of drug-likeness (QED) is 0.831. The van der Waals surface area contributed by atoms with Crippen LogP contribution in [0, 0.1) is 6.92 Å². The third-order valence-corrected chi connectivity index (χ3v) is 3.93. The lowest BCUT2D eigenvalue weighted by Gasteiger charge is -2.26. The van der Waals surface area contributed by atoms with Crippen molar-refractivity contribution in [2.45, 2.75) is 39.8 Å². The van der Waals surface area contributed by atoms with E-state index in [1.165, 1.54) is 11.3 Å². The number of anilines is 1. The van der Waals surface area contributed by atoms with Crippen LogP contribution in [0.15, 0.2) is 29.6 Å². The maximum Gasteiger partial charge on any atom is 0.416 e. The van der Waals surface area contributed by atoms with Gasteiger partial charge in [0.25, 0.3) is 0 Å². The van der Waals surface area contributed by atoms with E-state index in [0.29, 0.717) is 11.7 Å². The molecule has 0 spiro atoms. The summed E-state index contributed by atoms with van der Waals surface area (Å²) < 4.78 is 10.7. The van der Waals surface area contributed by atoms with Crippen molar-refractivity contribution in [1.29, 1.82) is 0 Å². The summed E-state index contributed by atoms with van der Waals surface area (Å²) in [7, 11) is 1.63. The molecule has 5 nitrogen and oxygen atoms in total. The third-order valence-electron chi connectivity index (χ3n) is 2.95. The lowest BCUT2D eigenvalue weighted by molar-refractivity contribution is 0.0577. The molecule has 0 aliphatic heterocycles. The van der Waals surface area contributed by atoms with Crippen molar-refractivity contribution in [3.63, 3.8) is 0 Å². The van der Waals surface area contributed by atoms with Gasteiger partial charge in [-0.2, -0.15) is 0 Å². The highest BCUT2D eigenvalue weighted by Gasteiger charge is 2.25. The summed E-state index contributed by atoms with van der Waals surface area (Å²) in [5, 5.41) is 2.55. The van der Waals surface area contributed by atoms with E-state index in [9.17, 15) is 4.79 Å². The van der Waals surface area contributed by atoms with Crippen LogP contribution in [0.5, 0.6) is 5.75 Å². The summed E-state index contributed by atoms with van der Waals surface area (Å²) in [4.78, 5) is 18.5. The van der Waals surface area contributed by atoms with Gasteiger partial charge in [0.15, 0.2) is 5.13 Å². The molecule has 0 fully saturated rings. The van der Waals surface area contributed by atoms with E-state index < -0.39 is 11.7 Å². The van der Waals surface area contributed by atoms with Crippen LogP contribution in [0.3, 0.4) is 0 Å². The zero-order chi connectivity index (χ0) is 17.0. The molecule has 1 aromatic heterocycles. The fraction of sp³-hybridized carbons (Fsp3) is 0.412. The predicted octanol–water partition coefficient (Wildman–Crippen LogP) is 4.40. The van der Waals surface area contributed by atoms with E-state index in [1.54, 1.807) is 12.0 Å². The molecule has 0 unspecified atom stereocenters. The lowest BCUT2D eigenvalue weighted by Crippen LogP contribution is -2.36. The Labute approximate surface area is 140 Å². The minimum Gasteiger partial charge on any atom is -0.497 e. The summed E-state index contributed by atoms with van der Waals surface area (Å²) in [6.45, 7) is 7.85. The number of hydrogen-bond donors (Lipinski definition) is 0. The van der Waals surface area contributed by atoms with Crippen LogP contribution in [0.25, 0.3) is 0 Å². The molecule has 0 aliphatic rings. The van der Waals surface area contributed by atoms with Gasteiger partial charge in [-0.1, -0.05) is 12.1 Å². The van der Waals surface area contributed by atoms with Crippen LogP contribution < -0.4 is 9.64 Å². The van der Waals surface area contributed by atoms with Crippen molar-refractivity contribution in [2.24, 2.45) is 0 Å². The predicted molar refractivity (Wildman–Crippen MR) is 92.3 cm³/mol. The summed E-state index contributed by atoms with van der Waals surface area (Å²) >= 11 is 1.43. The van der Waals surface area contributed by atoms with Crippen molar-refractivity contribution in [3.8, 4) is 5.75 Å². The molecule has 0 bridgehead atoms. The highest BCUT2D eigenvalue weighted by molar-refractivity contribution is 7.14. The Morgan fingerprint density at radius 2 is 1.91 bits per heavy atom. The zero-order valence-electron chi connectivity index (χ0n) is 14.1. The second kappa shape index (κ2) is 7.00. The minimum atomic E-state index is -0.554. The monoisotopic (exact) mass is 334 g/mol. The maximum atomic E-state index is 12.5. The molecule has 124 valence electrons. The molecular formula is C17H22N2O3S. The Kier molecular flexibility index (Phi) is 5.26. The van der Waals surface area contributed by atoms with Crippen molar-refractivity contribution >= 4 is 22.6 Å². The molecule has 0 saturated carbocycles. The summed E-state index contributed by atoms with van der Waals surface area (Å²) in [5.41, 5.74) is 1.31. The Morgan fingerprint density at radius 1 is 1.26 bits per heavy atom. The van der Waals surface area contributed by atoms with Crippen molar-refractivity contribution in [2.75, 3.05) is 12.0 Å². The highest BCUT2D eigenvalue weighted by Crippen LogP contribution is 2.25. The number of rotatable bonds is 4. The van der Waals surface area contributed by atoms with E-state index in [2.05, 4.69) is 4.98 Å². The molecule has 0 N–H and O–H groups in total. The average molecular weight is 334 g/mol. The Morgan fingerprint density at radius 3 is 2.39 bits per heavy atom. The fourth-order valence-corrected chi connectivity index (χ4v) is 2.70. The first kappa shape index (κ1) is 17.3. The maximum absolute atomic E-state index is 12.5. The second-order valence-electron chi connectivity index (χ2n) is 6.19. The van der Waals surface area contributed by atoms with Gasteiger partial charge < -0.3 is 9.47 Å². The molecule has 0 radical (unpaired) electrons. The van der Waals surface area contributed by atoms with E-state index in [-0.39, 0.29) is 0 Å². The lowest BCUT2D eigenvalue weighted by atomic mass is 10.2. The number of methoxy groups -OCH3 is 1. The number of thiazole rings is 1. The van der Waals surface area contributed by atoms with Crippen molar-refractivity contribution < 1.29 is 14.3 Å². The third kappa shape index (κ3) is 4.96. The first-order valence-corrected chi connectivity index (χ1v) is 8.22. The van der Waals surface area contributed by atoms with Crippen LogP contribution in [0.4, 0.5) is 9.93 Å². The van der Waals surface area contributed by atoms with E-state index in [1.807, 2.05) is 57.3 Å². The van der Waals surface area contributed by atoms with Crippen LogP contribution in [-0.2, 0) is 11.3 Å². The van der Waals surface area contributed by atoms with Crippen LogP contribution in [0.1, 0.15) is 32.0 Å². The Balaban J connectivity index is 2.23. The topological polar surface area (TPSA) is 51.7 Å². The molecule has 1 heterocycles. The molecule has 2 aromatic rings. The van der Waals surface area contributed by atoms with E-state index >= 15 is 0 Å². The number of carbonyl (C=O) groups is 1. The van der Waals surface area contributed by atoms with Gasteiger partial charge in [0, 0.05) is 5.38 Å². The summed E-state index contributed by atoms with van der Waals surface area (Å²) in [6.07, 6.45) is -0.400. The number of aryl methyl sites for hydroxylation is 1. The van der Waals surface area contributed by atoms with Crippen LogP contribution in [0.2, 0.25) is 0 Å². The van der Waals surface area contributed by atoms with Crippen LogP contribution in [-0.4, -0.2) is 23.8 Å². The molecule has 0 aliphatic carbocycles. The molecule has 1 aromatic carbocycles. The van der Waals surface area contributed by atoms with Gasteiger partial charge in [0.05, 0.1) is 19.3 Å². The van der Waals surface area contributed by atoms with Gasteiger partial charge in [0.2, 0.25) is 0 Å². The number of carbonyl (C=O) groups excluding carboxylic acids is 1. The smallest absolute Gasteiger partial charge is 0.416 e. The summed E-state index contributed by atoms with van der Waals surface area (Å²) in [6, 6.07) is 7.60. The number of aromatic nitrogens is 1. The number of amides is 1. The summed E-state index contributed by atoms with van der Waals surface area (Å²) in [5.74, 6) is 0.780. The average Bonchev–Trinajstić information content (AvgIpc) is 2.89. The fourth-order valence-electron chi connectivity index (χ4n) is 1.91. The van der Waals surface area contributed by atoms with Gasteiger partial charge in [-0.25, -0.2) is 14.7 Å². The second-order valence-corrected chi connectivity index (χ2v) is 7.02. The van der Waals surface area contributed by atoms with E-state index in [0.717, 1.165) is 17.0 Å². The molecule has 2 rings (SSSR count). The molecule has 0 saturated heterocycles. The molecular weight excluding hydrogens is 312 g/mol. The number of hydrogen-bond acceptors (Lipinski definition) is 5. The first-order chi connectivity index (χ1) is 10.8. The SMILES string of the molecule is COc1ccc(CN(C(=O)OC(C)(C)C)c2nc(C)cs2)cc1. The van der Waals surface area contributed by atoms with E-state index in [4.69, 9.17) is 9.47 Å². The number of nitrogens with zero attached hydrogens (tertiary/aromatic N) is 2. The van der Waals surface area contributed by atoms with Gasteiger partial charge in [-0.3, -0.25) is 0 Å². The Hall–Kier alpha value is -2.08. The Bertz CT molecular complexity index is 659. The first-order valence-electron chi connectivity index (χ1n) is 7.34. The number of benzene rings is 1. The normalized spacial score (nSPS) is 11.2. The molecule has 23 heavy (non-hydrogen) atoms. The van der Waals surface area contributed by atoms with Gasteiger partial charge in [0.1, 0.15) is 11.4 Å². The van der Waals surface area contributed by atoms with Gasteiger partial charge in [-0.05, 0) is 45.4 Å². The highest BCUT2D eigenvalue weighted by atomic mass is 32.1. The largest absolute Gasteiger partial charge is 0.497 e. The standard InChI is InChI=1S/C17H22N2O3S/c1-12-11-23-15(18-12)19(16(20)22-17(2,3)4)10-13-6-8-14(21-5)9-7-13/h6-9,11H,10H2,1-5H3. The zero-order valence-corrected chi connectivity index (χ0v) is 14.9.